The fraction of sp³-hybridized carbons (Fsp3) is 0.400. The molecular formula is C10H26F6N6O7OsS2. The van der Waals surface area contributed by atoms with Crippen molar-refractivity contribution < 1.29 is 76.8 Å². The molecule has 32 heavy (non-hydrogen) atoms. The summed E-state index contributed by atoms with van der Waals surface area (Å²) >= 11 is 0. The van der Waals surface area contributed by atoms with Crippen LogP contribution in [-0.4, -0.2) is 48.6 Å². The van der Waals surface area contributed by atoms with Gasteiger partial charge in [-0.05, 0) is 6.07 Å². The Morgan fingerprint density at radius 2 is 1.16 bits per heavy atom. The van der Waals surface area contributed by atoms with Gasteiger partial charge in [0.05, 0.1) is 7.11 Å². The van der Waals surface area contributed by atoms with E-state index in [1.54, 1.807) is 7.11 Å². The number of aromatic nitrogens is 1. The Labute approximate surface area is 194 Å². The number of aryl methyl sites for hydroxylation is 1. The van der Waals surface area contributed by atoms with Gasteiger partial charge in [-0.15, -0.1) is 0 Å². The molecule has 200 valence electrons. The first-order chi connectivity index (χ1) is 11.2. The molecule has 1 aromatic heterocycles. The van der Waals surface area contributed by atoms with Crippen molar-refractivity contribution in [2.24, 2.45) is 7.05 Å². The molecular weight excluding hydrogens is 684 g/mol. The van der Waals surface area contributed by atoms with Crippen LogP contribution >= 0.6 is 0 Å². The van der Waals surface area contributed by atoms with Gasteiger partial charge in [-0.25, -0.2) is 16.8 Å². The van der Waals surface area contributed by atoms with Gasteiger partial charge in [0.1, 0.15) is 5.76 Å². The quantitative estimate of drug-likeness (QED) is 0.128. The first-order valence-electron chi connectivity index (χ1n) is 5.63. The zero-order valence-corrected chi connectivity index (χ0v) is 20.9. The third-order valence-corrected chi connectivity index (χ3v) is 3.10. The number of hydrogen-bond donors (Lipinski definition) is 5. The van der Waals surface area contributed by atoms with Crippen molar-refractivity contribution in [1.82, 2.24) is 35.3 Å². The molecule has 0 aliphatic rings. The van der Waals surface area contributed by atoms with E-state index in [0.717, 1.165) is 5.56 Å². The van der Waals surface area contributed by atoms with Gasteiger partial charge >= 0.3 is 30.8 Å². The van der Waals surface area contributed by atoms with E-state index in [4.69, 9.17) is 30.7 Å². The van der Waals surface area contributed by atoms with Crippen LogP contribution in [0.2, 0.25) is 0 Å². The topological polar surface area (TPSA) is 304 Å². The second-order valence-electron chi connectivity index (χ2n) is 3.99. The normalized spacial score (nSPS) is 9.94. The van der Waals surface area contributed by atoms with E-state index in [2.05, 4.69) is 6.58 Å². The van der Waals surface area contributed by atoms with Gasteiger partial charge in [0.25, 0.3) is 0 Å². The Morgan fingerprint density at radius 1 is 0.906 bits per heavy atom. The van der Waals surface area contributed by atoms with Crippen LogP contribution in [0.3, 0.4) is 0 Å². The van der Waals surface area contributed by atoms with Crippen molar-refractivity contribution in [3.8, 4) is 0 Å². The molecule has 0 unspecified atom stereocenters. The summed E-state index contributed by atoms with van der Waals surface area (Å²) < 4.78 is 125. The second kappa shape index (κ2) is 19.2. The van der Waals surface area contributed by atoms with Gasteiger partial charge < -0.3 is 49.2 Å². The van der Waals surface area contributed by atoms with Crippen molar-refractivity contribution in [3.63, 3.8) is 0 Å². The summed E-state index contributed by atoms with van der Waals surface area (Å²) in [4.78, 5) is 0. The minimum atomic E-state index is -6.09. The molecule has 0 fully saturated rings. The molecule has 1 aromatic rings. The molecule has 0 spiro atoms. The molecule has 22 heteroatoms. The number of hydrogen-bond acceptors (Lipinski definition) is 12. The van der Waals surface area contributed by atoms with Crippen molar-refractivity contribution in [2.45, 2.75) is 11.0 Å². The summed E-state index contributed by atoms with van der Waals surface area (Å²) in [5.41, 5.74) is -10.3. The van der Waals surface area contributed by atoms with Gasteiger partial charge in [-0.3, -0.25) is 0 Å². The van der Waals surface area contributed by atoms with E-state index in [1.165, 1.54) is 0 Å². The fourth-order valence-electron chi connectivity index (χ4n) is 0.786. The Hall–Kier alpha value is -1.34. The minimum absolute atomic E-state index is 0. The predicted molar refractivity (Wildman–Crippen MR) is 98.1 cm³/mol. The number of halogens is 6. The number of rotatable bonds is 2. The maximum Gasteiger partial charge on any atom is 2.00 e. The number of nitrogens with zero attached hydrogens (tertiary/aromatic N) is 1. The molecule has 13 nitrogen and oxygen atoms in total. The first-order valence-corrected chi connectivity index (χ1v) is 8.45. The zero-order valence-electron chi connectivity index (χ0n) is 16.7. The Morgan fingerprint density at radius 3 is 1.28 bits per heavy atom. The summed E-state index contributed by atoms with van der Waals surface area (Å²) in [5, 5.41) is 0. The van der Waals surface area contributed by atoms with Crippen molar-refractivity contribution in [3.05, 3.63) is 30.6 Å². The molecule has 0 radical (unpaired) electrons. The minimum Gasteiger partial charge on any atom is -0.741 e. The Balaban J connectivity index is -0.0000000415. The third kappa shape index (κ3) is 21.9. The average molecular weight is 711 g/mol. The van der Waals surface area contributed by atoms with Crippen LogP contribution in [0.4, 0.5) is 26.3 Å². The molecule has 15 N–H and O–H groups in total. The average Bonchev–Trinajstić information content (AvgIpc) is 2.81. The number of methoxy groups -OCH3 is 1. The molecule has 0 bridgehead atoms. The maximum absolute atomic E-state index is 10.7. The molecule has 1 rings (SSSR count). The van der Waals surface area contributed by atoms with Gasteiger partial charge in [-0.1, -0.05) is 6.58 Å². The van der Waals surface area contributed by atoms with Crippen LogP contribution in [0.1, 0.15) is 5.56 Å². The molecule has 0 aliphatic heterocycles. The van der Waals surface area contributed by atoms with Gasteiger partial charge in [-0.2, -0.15) is 26.3 Å². The Bertz CT molecular complexity index is 773. The molecule has 0 aliphatic carbocycles. The first kappa shape index (κ1) is 52.5. The number of ether oxygens (including phenoxy) is 1. The van der Waals surface area contributed by atoms with E-state index >= 15 is 0 Å². The summed E-state index contributed by atoms with van der Waals surface area (Å²) in [6.07, 6.45) is 3.92. The van der Waals surface area contributed by atoms with E-state index in [9.17, 15) is 26.3 Å². The monoisotopic (exact) mass is 712 g/mol. The van der Waals surface area contributed by atoms with Crippen LogP contribution in [0.15, 0.2) is 25.0 Å². The SMILES string of the molecule is C=C(OC)c1ccn(C)c1.N.N.N.N.N.O=S(=O)([O-])C(F)(F)F.O=S(=O)([O-])C(F)(F)F.[Os+2]. The zero-order chi connectivity index (χ0) is 21.6. The smallest absolute Gasteiger partial charge is 0.741 e. The standard InChI is InChI=1S/C8H11NO.2CHF3O3S.5H3N.Os/c1-7(10-3)8-4-5-9(2)6-8;2*2-1(3,4)8(5,6)7;;;;;;/h4-6H,1H2,2-3H3;2*(H,5,6,7);5*1H3;/q;;;;;;;;+2/p-2. The van der Waals surface area contributed by atoms with Crippen LogP contribution in [0.25, 0.3) is 5.76 Å². The molecule has 1 heterocycles. The molecule has 0 saturated heterocycles. The summed E-state index contributed by atoms with van der Waals surface area (Å²) in [6.45, 7) is 3.72. The number of alkyl halides is 6. The van der Waals surface area contributed by atoms with Crippen molar-refractivity contribution in [2.75, 3.05) is 7.11 Å². The predicted octanol–water partition coefficient (Wildman–Crippen LogP) is 2.55. The van der Waals surface area contributed by atoms with Crippen LogP contribution in [0.5, 0.6) is 0 Å². The summed E-state index contributed by atoms with van der Waals surface area (Å²) in [6, 6.07) is 1.96. The van der Waals surface area contributed by atoms with Crippen LogP contribution in [-0.2, 0) is 51.8 Å². The Kier molecular flexibility index (Phi) is 31.4. The molecule has 0 atom stereocenters. The molecule has 0 saturated carbocycles. The van der Waals surface area contributed by atoms with Gasteiger partial charge in [0, 0.05) is 25.0 Å². The third-order valence-electron chi connectivity index (χ3n) is 1.97. The second-order valence-corrected chi connectivity index (χ2v) is 6.73. The largest absolute Gasteiger partial charge is 2.00 e. The van der Waals surface area contributed by atoms with Crippen LogP contribution < -0.4 is 30.8 Å². The maximum atomic E-state index is 10.7. The van der Waals surface area contributed by atoms with E-state index < -0.39 is 31.3 Å². The van der Waals surface area contributed by atoms with Crippen molar-refractivity contribution in [1.29, 1.82) is 0 Å². The molecule has 0 amide bonds. The molecule has 0 aromatic carbocycles. The van der Waals surface area contributed by atoms with E-state index in [0.29, 0.717) is 5.76 Å². The van der Waals surface area contributed by atoms with E-state index in [-0.39, 0.29) is 50.5 Å². The summed E-state index contributed by atoms with van der Waals surface area (Å²) in [7, 11) is -8.60. The van der Waals surface area contributed by atoms with E-state index in [1.807, 2.05) is 30.1 Å². The fourth-order valence-corrected chi connectivity index (χ4v) is 0.786. The van der Waals surface area contributed by atoms with Gasteiger partial charge in [0.2, 0.25) is 0 Å². The van der Waals surface area contributed by atoms with Crippen LogP contribution in [0, 0.1) is 0 Å². The van der Waals surface area contributed by atoms with Crippen molar-refractivity contribution >= 4 is 26.0 Å². The summed E-state index contributed by atoms with van der Waals surface area (Å²) in [5.74, 6) is 0.709. The van der Waals surface area contributed by atoms with Gasteiger partial charge in [0.15, 0.2) is 20.2 Å².